The SMILES string of the molecule is Cc1cc(C)n(C[C@H]2CCCN2C(=O)[C@@H]2CCc3ccccc32)n1. The Labute approximate surface area is 143 Å². The predicted molar refractivity (Wildman–Crippen MR) is 93.9 cm³/mol. The Kier molecular flexibility index (Phi) is 3.91. The molecule has 1 aromatic carbocycles. The number of benzene rings is 1. The maximum atomic E-state index is 13.2. The van der Waals surface area contributed by atoms with E-state index < -0.39 is 0 Å². The quantitative estimate of drug-likeness (QED) is 0.870. The molecule has 1 fully saturated rings. The fourth-order valence-electron chi connectivity index (χ4n) is 4.39. The van der Waals surface area contributed by atoms with E-state index in [1.54, 1.807) is 0 Å². The van der Waals surface area contributed by atoms with Gasteiger partial charge in [0.25, 0.3) is 0 Å². The van der Waals surface area contributed by atoms with Crippen molar-refractivity contribution in [3.05, 3.63) is 52.8 Å². The van der Waals surface area contributed by atoms with Crippen LogP contribution in [0, 0.1) is 13.8 Å². The summed E-state index contributed by atoms with van der Waals surface area (Å²) in [6.45, 7) is 5.83. The van der Waals surface area contributed by atoms with Crippen LogP contribution in [-0.2, 0) is 17.8 Å². The molecule has 4 rings (SSSR count). The van der Waals surface area contributed by atoms with E-state index in [4.69, 9.17) is 0 Å². The molecule has 2 atom stereocenters. The molecule has 2 heterocycles. The standard InChI is InChI=1S/C20H25N3O/c1-14-12-15(2)23(21-14)13-17-7-5-11-22(17)20(24)19-10-9-16-6-3-4-8-18(16)19/h3-4,6,8,12,17,19H,5,7,9-11,13H2,1-2H3/t17-,19-/m1/s1. The van der Waals surface area contributed by atoms with Crippen molar-refractivity contribution < 1.29 is 4.79 Å². The second-order valence-corrected chi connectivity index (χ2v) is 7.23. The molecule has 1 aliphatic carbocycles. The van der Waals surface area contributed by atoms with Gasteiger partial charge in [-0.05, 0) is 56.7 Å². The van der Waals surface area contributed by atoms with Gasteiger partial charge in [-0.1, -0.05) is 24.3 Å². The van der Waals surface area contributed by atoms with Gasteiger partial charge in [0.15, 0.2) is 0 Å². The summed E-state index contributed by atoms with van der Waals surface area (Å²) in [4.78, 5) is 15.3. The smallest absolute Gasteiger partial charge is 0.230 e. The summed E-state index contributed by atoms with van der Waals surface area (Å²) in [5, 5.41) is 4.58. The molecule has 4 heteroatoms. The van der Waals surface area contributed by atoms with E-state index in [0.29, 0.717) is 5.91 Å². The summed E-state index contributed by atoms with van der Waals surface area (Å²) in [6, 6.07) is 10.8. The highest BCUT2D eigenvalue weighted by molar-refractivity contribution is 5.85. The van der Waals surface area contributed by atoms with E-state index in [1.807, 2.05) is 6.92 Å². The normalized spacial score (nSPS) is 22.8. The number of carbonyl (C=O) groups is 1. The third-order valence-electron chi connectivity index (χ3n) is 5.58. The fourth-order valence-corrected chi connectivity index (χ4v) is 4.39. The first-order valence-electron chi connectivity index (χ1n) is 9.03. The Bertz CT molecular complexity index is 764. The number of aromatic nitrogens is 2. The van der Waals surface area contributed by atoms with Crippen LogP contribution < -0.4 is 0 Å². The molecule has 1 aromatic heterocycles. The molecule has 2 aliphatic rings. The molecule has 0 N–H and O–H groups in total. The maximum Gasteiger partial charge on any atom is 0.230 e. The second-order valence-electron chi connectivity index (χ2n) is 7.23. The van der Waals surface area contributed by atoms with Crippen molar-refractivity contribution in [3.8, 4) is 0 Å². The zero-order chi connectivity index (χ0) is 16.7. The number of amides is 1. The van der Waals surface area contributed by atoms with Gasteiger partial charge in [-0.3, -0.25) is 9.48 Å². The lowest BCUT2D eigenvalue weighted by atomic mass is 9.99. The molecule has 4 nitrogen and oxygen atoms in total. The average molecular weight is 323 g/mol. The average Bonchev–Trinajstić information content (AvgIpc) is 3.26. The number of hydrogen-bond acceptors (Lipinski definition) is 2. The summed E-state index contributed by atoms with van der Waals surface area (Å²) in [7, 11) is 0. The Morgan fingerprint density at radius 3 is 2.88 bits per heavy atom. The number of likely N-dealkylation sites (tertiary alicyclic amines) is 1. The van der Waals surface area contributed by atoms with Crippen molar-refractivity contribution in [2.45, 2.75) is 58.0 Å². The van der Waals surface area contributed by atoms with Crippen LogP contribution in [-0.4, -0.2) is 33.2 Å². The van der Waals surface area contributed by atoms with Crippen LogP contribution in [0.4, 0.5) is 0 Å². The number of fused-ring (bicyclic) bond motifs is 1. The van der Waals surface area contributed by atoms with Gasteiger partial charge < -0.3 is 4.90 Å². The molecule has 0 bridgehead atoms. The van der Waals surface area contributed by atoms with Crippen LogP contribution in [0.2, 0.25) is 0 Å². The minimum Gasteiger partial charge on any atom is -0.337 e. The van der Waals surface area contributed by atoms with Gasteiger partial charge in [-0.2, -0.15) is 5.10 Å². The van der Waals surface area contributed by atoms with Gasteiger partial charge in [0.1, 0.15) is 0 Å². The topological polar surface area (TPSA) is 38.1 Å². The molecular weight excluding hydrogens is 298 g/mol. The van der Waals surface area contributed by atoms with Crippen molar-refractivity contribution in [2.24, 2.45) is 0 Å². The van der Waals surface area contributed by atoms with E-state index in [1.165, 1.54) is 16.8 Å². The van der Waals surface area contributed by atoms with Crippen LogP contribution in [0.3, 0.4) is 0 Å². The predicted octanol–water partition coefficient (Wildman–Crippen LogP) is 3.22. The van der Waals surface area contributed by atoms with E-state index in [9.17, 15) is 4.79 Å². The zero-order valence-electron chi connectivity index (χ0n) is 14.5. The molecule has 1 aliphatic heterocycles. The Morgan fingerprint density at radius 2 is 2.08 bits per heavy atom. The van der Waals surface area contributed by atoms with Gasteiger partial charge in [-0.25, -0.2) is 0 Å². The summed E-state index contributed by atoms with van der Waals surface area (Å²) in [5.41, 5.74) is 4.83. The number of rotatable bonds is 3. The molecule has 0 unspecified atom stereocenters. The largest absolute Gasteiger partial charge is 0.337 e. The molecule has 0 spiro atoms. The fraction of sp³-hybridized carbons (Fsp3) is 0.500. The van der Waals surface area contributed by atoms with Crippen molar-refractivity contribution in [3.63, 3.8) is 0 Å². The molecule has 1 saturated heterocycles. The maximum absolute atomic E-state index is 13.2. The molecule has 2 aromatic rings. The van der Waals surface area contributed by atoms with E-state index in [0.717, 1.165) is 44.5 Å². The monoisotopic (exact) mass is 323 g/mol. The van der Waals surface area contributed by atoms with E-state index >= 15 is 0 Å². The lowest BCUT2D eigenvalue weighted by Gasteiger charge is -2.28. The van der Waals surface area contributed by atoms with Gasteiger partial charge in [-0.15, -0.1) is 0 Å². The molecule has 126 valence electrons. The molecule has 0 saturated carbocycles. The Balaban J connectivity index is 1.53. The van der Waals surface area contributed by atoms with Crippen LogP contribution in [0.5, 0.6) is 0 Å². The molecule has 0 radical (unpaired) electrons. The van der Waals surface area contributed by atoms with Crippen LogP contribution in [0.25, 0.3) is 0 Å². The lowest BCUT2D eigenvalue weighted by Crippen LogP contribution is -2.40. The number of carbonyl (C=O) groups excluding carboxylic acids is 1. The summed E-state index contributed by atoms with van der Waals surface area (Å²) < 4.78 is 2.06. The van der Waals surface area contributed by atoms with Crippen LogP contribution in [0.15, 0.2) is 30.3 Å². The van der Waals surface area contributed by atoms with Gasteiger partial charge in [0, 0.05) is 12.2 Å². The molecular formula is C20H25N3O. The summed E-state index contributed by atoms with van der Waals surface area (Å²) in [5.74, 6) is 0.381. The lowest BCUT2D eigenvalue weighted by molar-refractivity contribution is -0.133. The Morgan fingerprint density at radius 1 is 1.25 bits per heavy atom. The highest BCUT2D eigenvalue weighted by Gasteiger charge is 2.36. The highest BCUT2D eigenvalue weighted by Crippen LogP contribution is 2.36. The first kappa shape index (κ1) is 15.4. The first-order chi connectivity index (χ1) is 11.6. The third kappa shape index (κ3) is 2.64. The van der Waals surface area contributed by atoms with Crippen LogP contribution >= 0.6 is 0 Å². The highest BCUT2D eigenvalue weighted by atomic mass is 16.2. The first-order valence-corrected chi connectivity index (χ1v) is 9.03. The zero-order valence-corrected chi connectivity index (χ0v) is 14.5. The van der Waals surface area contributed by atoms with Crippen LogP contribution in [0.1, 0.15) is 47.7 Å². The number of aryl methyl sites for hydroxylation is 3. The Hall–Kier alpha value is -2.10. The summed E-state index contributed by atoms with van der Waals surface area (Å²) in [6.07, 6.45) is 4.17. The van der Waals surface area contributed by atoms with Crippen molar-refractivity contribution in [1.82, 2.24) is 14.7 Å². The molecule has 24 heavy (non-hydrogen) atoms. The minimum absolute atomic E-state index is 0.0576. The van der Waals surface area contributed by atoms with Crippen molar-refractivity contribution in [2.75, 3.05) is 6.54 Å². The number of nitrogens with zero attached hydrogens (tertiary/aromatic N) is 3. The second kappa shape index (κ2) is 6.08. The van der Waals surface area contributed by atoms with Crippen molar-refractivity contribution in [1.29, 1.82) is 0 Å². The van der Waals surface area contributed by atoms with Gasteiger partial charge >= 0.3 is 0 Å². The van der Waals surface area contributed by atoms with E-state index in [-0.39, 0.29) is 12.0 Å². The molecule has 1 amide bonds. The van der Waals surface area contributed by atoms with Gasteiger partial charge in [0.05, 0.1) is 24.2 Å². The summed E-state index contributed by atoms with van der Waals surface area (Å²) >= 11 is 0. The van der Waals surface area contributed by atoms with Gasteiger partial charge in [0.2, 0.25) is 5.91 Å². The number of hydrogen-bond donors (Lipinski definition) is 0. The van der Waals surface area contributed by atoms with E-state index in [2.05, 4.69) is 51.9 Å². The minimum atomic E-state index is 0.0576. The van der Waals surface area contributed by atoms with Crippen molar-refractivity contribution >= 4 is 5.91 Å². The third-order valence-corrected chi connectivity index (χ3v) is 5.58.